The molecule has 0 unspecified atom stereocenters. The molecule has 2 rings (SSSR count). The van der Waals surface area contributed by atoms with Gasteiger partial charge in [0.2, 0.25) is 0 Å². The fraction of sp³-hybridized carbons (Fsp3) is 0.222. The van der Waals surface area contributed by atoms with E-state index in [0.717, 1.165) is 11.0 Å². The standard InChI is InChI=1S/C9H10N4O2/c1-10-8-6-3-4-12(2)9(6)11-5-7(8)13(14)15/h3-5H,1-2H3,(H,10,11). The molecule has 0 aromatic carbocycles. The number of rotatable bonds is 2. The van der Waals surface area contributed by atoms with Crippen molar-refractivity contribution in [2.75, 3.05) is 12.4 Å². The van der Waals surface area contributed by atoms with Gasteiger partial charge >= 0.3 is 5.69 Å². The maximum absolute atomic E-state index is 10.7. The number of anilines is 1. The van der Waals surface area contributed by atoms with Gasteiger partial charge in [-0.25, -0.2) is 4.98 Å². The Morgan fingerprint density at radius 1 is 1.60 bits per heavy atom. The van der Waals surface area contributed by atoms with Crippen molar-refractivity contribution in [3.63, 3.8) is 0 Å². The van der Waals surface area contributed by atoms with E-state index in [1.165, 1.54) is 6.20 Å². The van der Waals surface area contributed by atoms with Crippen molar-refractivity contribution in [1.29, 1.82) is 0 Å². The Morgan fingerprint density at radius 2 is 2.33 bits per heavy atom. The lowest BCUT2D eigenvalue weighted by Crippen LogP contribution is -1.99. The van der Waals surface area contributed by atoms with Gasteiger partial charge in [0.1, 0.15) is 17.5 Å². The van der Waals surface area contributed by atoms with Crippen molar-refractivity contribution in [3.8, 4) is 0 Å². The van der Waals surface area contributed by atoms with Crippen LogP contribution in [0.25, 0.3) is 11.0 Å². The Hall–Kier alpha value is -2.11. The predicted molar refractivity (Wildman–Crippen MR) is 56.9 cm³/mol. The van der Waals surface area contributed by atoms with Gasteiger partial charge in [-0.15, -0.1) is 0 Å². The summed E-state index contributed by atoms with van der Waals surface area (Å²) >= 11 is 0. The molecule has 2 heterocycles. The Bertz CT molecular complexity index is 532. The largest absolute Gasteiger partial charge is 0.382 e. The minimum atomic E-state index is -0.439. The quantitative estimate of drug-likeness (QED) is 0.597. The van der Waals surface area contributed by atoms with E-state index in [-0.39, 0.29) is 5.69 Å². The van der Waals surface area contributed by atoms with E-state index < -0.39 is 4.92 Å². The number of fused-ring (bicyclic) bond motifs is 1. The molecule has 0 aliphatic carbocycles. The first-order valence-corrected chi connectivity index (χ1v) is 4.41. The van der Waals surface area contributed by atoms with E-state index >= 15 is 0 Å². The molecule has 0 spiro atoms. The van der Waals surface area contributed by atoms with Crippen LogP contribution in [0.5, 0.6) is 0 Å². The molecule has 0 atom stereocenters. The lowest BCUT2D eigenvalue weighted by molar-refractivity contribution is -0.384. The second-order valence-electron chi connectivity index (χ2n) is 3.19. The van der Waals surface area contributed by atoms with Crippen LogP contribution in [0.2, 0.25) is 0 Å². The van der Waals surface area contributed by atoms with Crippen LogP contribution in [0.1, 0.15) is 0 Å². The van der Waals surface area contributed by atoms with E-state index in [9.17, 15) is 10.1 Å². The summed E-state index contributed by atoms with van der Waals surface area (Å²) in [5.74, 6) is 0. The van der Waals surface area contributed by atoms with Crippen LogP contribution in [0.4, 0.5) is 11.4 Å². The number of aromatic nitrogens is 2. The number of nitro groups is 1. The molecule has 2 aromatic rings. The number of nitrogens with one attached hydrogen (secondary N) is 1. The second kappa shape index (κ2) is 3.23. The number of aryl methyl sites for hydroxylation is 1. The summed E-state index contributed by atoms with van der Waals surface area (Å²) in [6.45, 7) is 0. The molecule has 0 amide bonds. The Labute approximate surface area is 85.7 Å². The molecular formula is C9H10N4O2. The smallest absolute Gasteiger partial charge is 0.311 e. The highest BCUT2D eigenvalue weighted by Gasteiger charge is 2.17. The third-order valence-corrected chi connectivity index (χ3v) is 2.32. The molecule has 0 bridgehead atoms. The van der Waals surface area contributed by atoms with Gasteiger partial charge in [0.15, 0.2) is 0 Å². The second-order valence-corrected chi connectivity index (χ2v) is 3.19. The Kier molecular flexibility index (Phi) is 2.03. The lowest BCUT2D eigenvalue weighted by Gasteiger charge is -2.03. The third kappa shape index (κ3) is 1.30. The van der Waals surface area contributed by atoms with E-state index in [4.69, 9.17) is 0 Å². The van der Waals surface area contributed by atoms with Crippen molar-refractivity contribution < 1.29 is 4.92 Å². The van der Waals surface area contributed by atoms with Crippen LogP contribution in [0.15, 0.2) is 18.5 Å². The fourth-order valence-corrected chi connectivity index (χ4v) is 1.60. The first kappa shape index (κ1) is 9.45. The topological polar surface area (TPSA) is 73.0 Å². The number of pyridine rings is 1. The maximum atomic E-state index is 10.7. The third-order valence-electron chi connectivity index (χ3n) is 2.32. The number of hydrogen-bond acceptors (Lipinski definition) is 4. The van der Waals surface area contributed by atoms with E-state index in [2.05, 4.69) is 10.3 Å². The summed E-state index contributed by atoms with van der Waals surface area (Å²) in [6, 6.07) is 1.81. The van der Waals surface area contributed by atoms with E-state index in [0.29, 0.717) is 5.69 Å². The average molecular weight is 206 g/mol. The van der Waals surface area contributed by atoms with Gasteiger partial charge < -0.3 is 9.88 Å². The SMILES string of the molecule is CNc1c([N+](=O)[O-])cnc2c1ccn2C. The van der Waals surface area contributed by atoms with Gasteiger partial charge in [0, 0.05) is 25.7 Å². The van der Waals surface area contributed by atoms with Crippen molar-refractivity contribution in [2.45, 2.75) is 0 Å². The molecule has 0 saturated heterocycles. The summed E-state index contributed by atoms with van der Waals surface area (Å²) < 4.78 is 1.82. The minimum Gasteiger partial charge on any atom is -0.382 e. The highest BCUT2D eigenvalue weighted by molar-refractivity contribution is 5.94. The van der Waals surface area contributed by atoms with Crippen molar-refractivity contribution in [3.05, 3.63) is 28.6 Å². The van der Waals surface area contributed by atoms with Gasteiger partial charge in [-0.1, -0.05) is 0 Å². The highest BCUT2D eigenvalue weighted by atomic mass is 16.6. The molecule has 1 N–H and O–H groups in total. The van der Waals surface area contributed by atoms with E-state index in [1.54, 1.807) is 13.1 Å². The molecule has 0 saturated carbocycles. The summed E-state index contributed by atoms with van der Waals surface area (Å²) in [5.41, 5.74) is 1.23. The fourth-order valence-electron chi connectivity index (χ4n) is 1.60. The summed E-state index contributed by atoms with van der Waals surface area (Å²) in [7, 11) is 3.51. The minimum absolute atomic E-state index is 0.00352. The zero-order valence-corrected chi connectivity index (χ0v) is 8.39. The van der Waals surface area contributed by atoms with Gasteiger partial charge in [0.05, 0.1) is 4.92 Å². The molecule has 0 radical (unpaired) electrons. The molecule has 0 aliphatic rings. The lowest BCUT2D eigenvalue weighted by atomic mass is 10.2. The van der Waals surface area contributed by atoms with Gasteiger partial charge in [-0.2, -0.15) is 0 Å². The van der Waals surface area contributed by atoms with Crippen LogP contribution in [0.3, 0.4) is 0 Å². The molecule has 6 nitrogen and oxygen atoms in total. The van der Waals surface area contributed by atoms with Crippen molar-refractivity contribution >= 4 is 22.4 Å². The molecule has 15 heavy (non-hydrogen) atoms. The first-order valence-electron chi connectivity index (χ1n) is 4.41. The zero-order chi connectivity index (χ0) is 11.0. The molecule has 2 aromatic heterocycles. The Balaban J connectivity index is 2.82. The summed E-state index contributed by atoms with van der Waals surface area (Å²) in [6.07, 6.45) is 3.09. The van der Waals surface area contributed by atoms with Crippen LogP contribution in [-0.4, -0.2) is 21.5 Å². The van der Waals surface area contributed by atoms with Crippen LogP contribution in [-0.2, 0) is 7.05 Å². The van der Waals surface area contributed by atoms with Crippen molar-refractivity contribution in [1.82, 2.24) is 9.55 Å². The highest BCUT2D eigenvalue weighted by Crippen LogP contribution is 2.31. The van der Waals surface area contributed by atoms with Crippen LogP contribution < -0.4 is 5.32 Å². The van der Waals surface area contributed by atoms with Crippen molar-refractivity contribution in [2.24, 2.45) is 7.05 Å². The van der Waals surface area contributed by atoms with E-state index in [1.807, 2.05) is 17.8 Å². The van der Waals surface area contributed by atoms with Crippen LogP contribution >= 0.6 is 0 Å². The maximum Gasteiger partial charge on any atom is 0.311 e. The molecular weight excluding hydrogens is 196 g/mol. The zero-order valence-electron chi connectivity index (χ0n) is 8.39. The Morgan fingerprint density at radius 3 is 2.93 bits per heavy atom. The molecule has 6 heteroatoms. The molecule has 0 aliphatic heterocycles. The summed E-state index contributed by atoms with van der Waals surface area (Å²) in [5, 5.41) is 14.3. The van der Waals surface area contributed by atoms with Gasteiger partial charge in [-0.3, -0.25) is 10.1 Å². The number of hydrogen-bond donors (Lipinski definition) is 1. The number of nitrogens with zero attached hydrogens (tertiary/aromatic N) is 3. The van der Waals surface area contributed by atoms with Crippen LogP contribution in [0, 0.1) is 10.1 Å². The normalized spacial score (nSPS) is 10.5. The average Bonchev–Trinajstić information content (AvgIpc) is 2.59. The molecule has 0 fully saturated rings. The molecule has 78 valence electrons. The predicted octanol–water partition coefficient (Wildman–Crippen LogP) is 1.52. The monoisotopic (exact) mass is 206 g/mol. The first-order chi connectivity index (χ1) is 7.15. The van der Waals surface area contributed by atoms with Gasteiger partial charge in [0.25, 0.3) is 0 Å². The van der Waals surface area contributed by atoms with Gasteiger partial charge in [-0.05, 0) is 6.07 Å². The summed E-state index contributed by atoms with van der Waals surface area (Å²) in [4.78, 5) is 14.4.